The molecule has 1 aliphatic heterocycles. The number of benzene rings is 1. The second-order valence-corrected chi connectivity index (χ2v) is 9.06. The minimum atomic E-state index is -3.35. The van der Waals surface area contributed by atoms with E-state index in [1.165, 1.54) is 25.0 Å². The number of hydrogen-bond donors (Lipinski definition) is 1. The molecule has 7 nitrogen and oxygen atoms in total. The molecule has 0 aromatic heterocycles. The first-order chi connectivity index (χ1) is 12.3. The Balaban J connectivity index is 1.52. The molecule has 1 saturated carbocycles. The normalized spacial score (nSPS) is 18.0. The summed E-state index contributed by atoms with van der Waals surface area (Å²) in [7, 11) is -3.35. The van der Waals surface area contributed by atoms with Gasteiger partial charge in [-0.15, -0.1) is 0 Å². The lowest BCUT2D eigenvalue weighted by Gasteiger charge is -2.35. The molecule has 1 heterocycles. The number of hydrogen-bond acceptors (Lipinski definition) is 5. The first kappa shape index (κ1) is 18.8. The van der Waals surface area contributed by atoms with Gasteiger partial charge in [0, 0.05) is 38.0 Å². The van der Waals surface area contributed by atoms with E-state index >= 15 is 0 Å². The summed E-state index contributed by atoms with van der Waals surface area (Å²) < 4.78 is 23.3. The highest BCUT2D eigenvalue weighted by molar-refractivity contribution is 7.90. The summed E-state index contributed by atoms with van der Waals surface area (Å²) in [6.45, 7) is 3.16. The predicted octanol–water partition coefficient (Wildman–Crippen LogP) is 0.374. The Morgan fingerprint density at radius 2 is 1.77 bits per heavy atom. The second kappa shape index (κ2) is 7.75. The summed E-state index contributed by atoms with van der Waals surface area (Å²) in [6.07, 6.45) is 3.63. The fraction of sp³-hybridized carbons (Fsp3) is 0.556. The van der Waals surface area contributed by atoms with Crippen LogP contribution < -0.4 is 5.32 Å². The van der Waals surface area contributed by atoms with Crippen molar-refractivity contribution in [2.45, 2.75) is 17.7 Å². The highest BCUT2D eigenvalue weighted by Gasteiger charge is 2.26. The van der Waals surface area contributed by atoms with Crippen LogP contribution in [0.3, 0.4) is 0 Å². The van der Waals surface area contributed by atoms with Crippen LogP contribution >= 0.6 is 0 Å². The molecule has 2 fully saturated rings. The molecule has 3 rings (SSSR count). The summed E-state index contributed by atoms with van der Waals surface area (Å²) in [4.78, 5) is 28.4. The molecular weight excluding hydrogens is 354 g/mol. The molecule has 142 valence electrons. The van der Waals surface area contributed by atoms with Gasteiger partial charge in [-0.2, -0.15) is 0 Å². The Morgan fingerprint density at radius 3 is 2.38 bits per heavy atom. The van der Waals surface area contributed by atoms with Gasteiger partial charge in [0.1, 0.15) is 0 Å². The SMILES string of the molecule is CS(=O)(=O)c1cccc(C(=O)N2CCN(C(=O)CNCC3CC3)CC2)c1. The lowest BCUT2D eigenvalue weighted by Crippen LogP contribution is -2.52. The van der Waals surface area contributed by atoms with Gasteiger partial charge in [0.25, 0.3) is 5.91 Å². The number of nitrogens with one attached hydrogen (secondary N) is 1. The van der Waals surface area contributed by atoms with Crippen LogP contribution in [-0.2, 0) is 14.6 Å². The van der Waals surface area contributed by atoms with E-state index in [0.29, 0.717) is 38.3 Å². The summed E-state index contributed by atoms with van der Waals surface area (Å²) in [6, 6.07) is 6.10. The van der Waals surface area contributed by atoms with E-state index in [2.05, 4.69) is 5.32 Å². The van der Waals surface area contributed by atoms with Crippen molar-refractivity contribution < 1.29 is 18.0 Å². The van der Waals surface area contributed by atoms with Crippen LogP contribution in [0.25, 0.3) is 0 Å². The molecule has 0 radical (unpaired) electrons. The number of sulfone groups is 1. The predicted molar refractivity (Wildman–Crippen MR) is 97.6 cm³/mol. The Morgan fingerprint density at radius 1 is 1.12 bits per heavy atom. The minimum absolute atomic E-state index is 0.0665. The molecule has 0 atom stereocenters. The molecule has 1 saturated heterocycles. The molecule has 0 spiro atoms. The maximum absolute atomic E-state index is 12.6. The highest BCUT2D eigenvalue weighted by atomic mass is 32.2. The van der Waals surface area contributed by atoms with Crippen molar-refractivity contribution in [3.05, 3.63) is 29.8 Å². The summed E-state index contributed by atoms with van der Waals surface area (Å²) >= 11 is 0. The number of amides is 2. The summed E-state index contributed by atoms with van der Waals surface area (Å²) in [5.74, 6) is 0.603. The molecule has 1 N–H and O–H groups in total. The molecule has 1 aromatic rings. The van der Waals surface area contributed by atoms with Gasteiger partial charge in [0.15, 0.2) is 9.84 Å². The van der Waals surface area contributed by atoms with Crippen LogP contribution in [0.1, 0.15) is 23.2 Å². The molecule has 2 amide bonds. The van der Waals surface area contributed by atoms with Crippen molar-refractivity contribution in [1.82, 2.24) is 15.1 Å². The Kier molecular flexibility index (Phi) is 5.62. The Bertz CT molecular complexity index is 781. The van der Waals surface area contributed by atoms with Crippen LogP contribution in [-0.4, -0.2) is 75.6 Å². The van der Waals surface area contributed by atoms with Gasteiger partial charge in [-0.05, 0) is 43.5 Å². The average molecular weight is 379 g/mol. The van der Waals surface area contributed by atoms with E-state index < -0.39 is 9.84 Å². The van der Waals surface area contributed by atoms with Crippen LogP contribution in [0, 0.1) is 5.92 Å². The third-order valence-electron chi connectivity index (χ3n) is 4.83. The van der Waals surface area contributed by atoms with Gasteiger partial charge in [-0.1, -0.05) is 6.07 Å². The lowest BCUT2D eigenvalue weighted by molar-refractivity contribution is -0.131. The molecular formula is C18H25N3O4S. The van der Waals surface area contributed by atoms with E-state index in [0.717, 1.165) is 18.7 Å². The molecule has 0 unspecified atom stereocenters. The molecule has 8 heteroatoms. The lowest BCUT2D eigenvalue weighted by atomic mass is 10.2. The zero-order valence-electron chi connectivity index (χ0n) is 15.0. The number of carbonyl (C=O) groups excluding carboxylic acids is 2. The third-order valence-corrected chi connectivity index (χ3v) is 5.95. The van der Waals surface area contributed by atoms with Crippen LogP contribution in [0.4, 0.5) is 0 Å². The molecule has 1 aromatic carbocycles. The molecule has 0 bridgehead atoms. The maximum atomic E-state index is 12.6. The van der Waals surface area contributed by atoms with Gasteiger partial charge < -0.3 is 15.1 Å². The smallest absolute Gasteiger partial charge is 0.254 e. The van der Waals surface area contributed by atoms with E-state index in [1.807, 2.05) is 0 Å². The molecule has 2 aliphatic rings. The monoisotopic (exact) mass is 379 g/mol. The van der Waals surface area contributed by atoms with Crippen molar-refractivity contribution in [2.24, 2.45) is 5.92 Å². The van der Waals surface area contributed by atoms with E-state index in [9.17, 15) is 18.0 Å². The highest BCUT2D eigenvalue weighted by Crippen LogP contribution is 2.27. The summed E-state index contributed by atoms with van der Waals surface area (Å²) in [5.41, 5.74) is 0.360. The van der Waals surface area contributed by atoms with Gasteiger partial charge >= 0.3 is 0 Å². The average Bonchev–Trinajstić information content (AvgIpc) is 3.45. The first-order valence-electron chi connectivity index (χ1n) is 8.92. The minimum Gasteiger partial charge on any atom is -0.338 e. The zero-order chi connectivity index (χ0) is 18.7. The van der Waals surface area contributed by atoms with Gasteiger partial charge in [-0.25, -0.2) is 8.42 Å². The topological polar surface area (TPSA) is 86.8 Å². The number of nitrogens with zero attached hydrogens (tertiary/aromatic N) is 2. The standard InChI is InChI=1S/C18H25N3O4S/c1-26(24,25)16-4-2-3-15(11-16)18(23)21-9-7-20(8-10-21)17(22)13-19-12-14-5-6-14/h2-4,11,14,19H,5-10,12-13H2,1H3. The van der Waals surface area contributed by atoms with Crippen molar-refractivity contribution >= 4 is 21.7 Å². The maximum Gasteiger partial charge on any atom is 0.254 e. The fourth-order valence-corrected chi connectivity index (χ4v) is 3.69. The van der Waals surface area contributed by atoms with Gasteiger partial charge in [0.05, 0.1) is 11.4 Å². The van der Waals surface area contributed by atoms with Crippen LogP contribution in [0.2, 0.25) is 0 Å². The quantitative estimate of drug-likeness (QED) is 0.772. The van der Waals surface area contributed by atoms with E-state index in [4.69, 9.17) is 0 Å². The van der Waals surface area contributed by atoms with E-state index in [-0.39, 0.29) is 16.7 Å². The Labute approximate surface area is 154 Å². The molecule has 1 aliphatic carbocycles. The Hall–Kier alpha value is -1.93. The first-order valence-corrected chi connectivity index (χ1v) is 10.8. The van der Waals surface area contributed by atoms with Crippen molar-refractivity contribution in [3.8, 4) is 0 Å². The van der Waals surface area contributed by atoms with Crippen LogP contribution in [0.5, 0.6) is 0 Å². The van der Waals surface area contributed by atoms with Crippen molar-refractivity contribution in [2.75, 3.05) is 45.5 Å². The van der Waals surface area contributed by atoms with Crippen molar-refractivity contribution in [1.29, 1.82) is 0 Å². The van der Waals surface area contributed by atoms with Crippen LogP contribution in [0.15, 0.2) is 29.2 Å². The second-order valence-electron chi connectivity index (χ2n) is 7.05. The van der Waals surface area contributed by atoms with Gasteiger partial charge in [0.2, 0.25) is 5.91 Å². The third kappa shape index (κ3) is 4.82. The summed E-state index contributed by atoms with van der Waals surface area (Å²) in [5, 5.41) is 3.20. The number of carbonyl (C=O) groups is 2. The fourth-order valence-electron chi connectivity index (χ4n) is 3.02. The van der Waals surface area contributed by atoms with Gasteiger partial charge in [-0.3, -0.25) is 9.59 Å². The van der Waals surface area contributed by atoms with E-state index in [1.54, 1.807) is 21.9 Å². The largest absolute Gasteiger partial charge is 0.338 e. The van der Waals surface area contributed by atoms with Crippen molar-refractivity contribution in [3.63, 3.8) is 0 Å². The zero-order valence-corrected chi connectivity index (χ0v) is 15.8. The number of piperazine rings is 1. The molecule has 26 heavy (non-hydrogen) atoms. The number of rotatable bonds is 6.